The van der Waals surface area contributed by atoms with Crippen molar-refractivity contribution in [1.29, 1.82) is 0 Å². The van der Waals surface area contributed by atoms with Gasteiger partial charge in [0.15, 0.2) is 0 Å². The molecule has 0 spiro atoms. The number of aromatic nitrogens is 2. The van der Waals surface area contributed by atoms with E-state index in [-0.39, 0.29) is 0 Å². The molecule has 0 unspecified atom stereocenters. The number of nitrogens with two attached hydrogens (primary N) is 1. The number of H-pyrrole nitrogens is 1. The molecule has 2 aromatic rings. The Kier molecular flexibility index (Phi) is 3.96. The number of hydrogen-bond acceptors (Lipinski definition) is 4. The molecule has 0 aliphatic rings. The number of aromatic amines is 1. The second-order valence-corrected chi connectivity index (χ2v) is 4.08. The molecule has 0 aliphatic carbocycles. The number of anilines is 1. The fourth-order valence-electron chi connectivity index (χ4n) is 1.61. The maximum atomic E-state index is 11.3. The highest BCUT2D eigenvalue weighted by Crippen LogP contribution is 2.29. The summed E-state index contributed by atoms with van der Waals surface area (Å²) in [4.78, 5) is 17.7. The van der Waals surface area contributed by atoms with Gasteiger partial charge in [0.1, 0.15) is 0 Å². The molecule has 0 atom stereocenters. The monoisotopic (exact) mass is 264 g/mol. The fraction of sp³-hybridized carbons (Fsp3) is 0.167. The second kappa shape index (κ2) is 5.66. The summed E-state index contributed by atoms with van der Waals surface area (Å²) < 4.78 is 0. The van der Waals surface area contributed by atoms with Gasteiger partial charge in [-0.3, -0.25) is 0 Å². The van der Waals surface area contributed by atoms with E-state index in [0.29, 0.717) is 29.5 Å². The molecule has 6 heteroatoms. The first kappa shape index (κ1) is 12.6. The van der Waals surface area contributed by atoms with Crippen LogP contribution in [0.3, 0.4) is 0 Å². The van der Waals surface area contributed by atoms with E-state index in [0.717, 1.165) is 5.56 Å². The maximum absolute atomic E-state index is 11.3. The molecular formula is C12H13ClN4O. The highest BCUT2D eigenvalue weighted by Gasteiger charge is 2.09. The zero-order chi connectivity index (χ0) is 13.0. The predicted molar refractivity (Wildman–Crippen MR) is 72.8 cm³/mol. The van der Waals surface area contributed by atoms with Crippen molar-refractivity contribution < 1.29 is 0 Å². The highest BCUT2D eigenvalue weighted by molar-refractivity contribution is 6.33. The van der Waals surface area contributed by atoms with Gasteiger partial charge in [0.2, 0.25) is 0 Å². The van der Waals surface area contributed by atoms with Crippen LogP contribution in [0.2, 0.25) is 5.02 Å². The van der Waals surface area contributed by atoms with Crippen LogP contribution in [0.25, 0.3) is 11.3 Å². The van der Waals surface area contributed by atoms with Gasteiger partial charge in [0.05, 0.1) is 17.6 Å². The first-order valence-corrected chi connectivity index (χ1v) is 5.88. The predicted octanol–water partition coefficient (Wildman–Crippen LogP) is 1.46. The molecule has 18 heavy (non-hydrogen) atoms. The summed E-state index contributed by atoms with van der Waals surface area (Å²) in [6.45, 7) is 1.08. The lowest BCUT2D eigenvalue weighted by Crippen LogP contribution is -2.17. The fourth-order valence-corrected chi connectivity index (χ4v) is 1.84. The van der Waals surface area contributed by atoms with Crippen molar-refractivity contribution in [3.63, 3.8) is 0 Å². The Labute approximate surface area is 109 Å². The van der Waals surface area contributed by atoms with E-state index in [1.54, 1.807) is 6.07 Å². The highest BCUT2D eigenvalue weighted by atomic mass is 35.5. The summed E-state index contributed by atoms with van der Waals surface area (Å²) in [5, 5.41) is 3.66. The van der Waals surface area contributed by atoms with Crippen LogP contribution >= 0.6 is 11.6 Å². The minimum atomic E-state index is -0.414. The number of benzene rings is 1. The summed E-state index contributed by atoms with van der Waals surface area (Å²) in [5.74, 6) is 0. The standard InChI is InChI=1S/C12H13ClN4O/c13-9-4-2-1-3-8(9)11-10(15-6-5-14)7-16-12(18)17-11/h1-4,7,15H,5-6,14H2,(H,16,17,18). The molecule has 94 valence electrons. The Bertz CT molecular complexity index is 597. The van der Waals surface area contributed by atoms with Gasteiger partial charge >= 0.3 is 5.69 Å². The Morgan fingerprint density at radius 3 is 2.89 bits per heavy atom. The zero-order valence-electron chi connectivity index (χ0n) is 9.61. The molecule has 0 amide bonds. The summed E-state index contributed by atoms with van der Waals surface area (Å²) in [6.07, 6.45) is 1.48. The van der Waals surface area contributed by atoms with Gasteiger partial charge in [0.25, 0.3) is 0 Å². The first-order chi connectivity index (χ1) is 8.72. The molecule has 0 radical (unpaired) electrons. The number of halogens is 1. The van der Waals surface area contributed by atoms with Gasteiger partial charge in [0, 0.05) is 23.7 Å². The van der Waals surface area contributed by atoms with E-state index in [9.17, 15) is 4.79 Å². The lowest BCUT2D eigenvalue weighted by atomic mass is 10.1. The van der Waals surface area contributed by atoms with Crippen LogP contribution < -0.4 is 16.7 Å². The SMILES string of the molecule is NCCNc1cnc(=O)[nH]c1-c1ccccc1Cl. The Morgan fingerprint density at radius 2 is 2.17 bits per heavy atom. The number of nitrogens with one attached hydrogen (secondary N) is 2. The average Bonchev–Trinajstić information content (AvgIpc) is 2.38. The largest absolute Gasteiger partial charge is 0.381 e. The van der Waals surface area contributed by atoms with E-state index < -0.39 is 5.69 Å². The number of nitrogens with zero attached hydrogens (tertiary/aromatic N) is 1. The van der Waals surface area contributed by atoms with E-state index in [2.05, 4.69) is 15.3 Å². The van der Waals surface area contributed by atoms with Gasteiger partial charge in [-0.25, -0.2) is 4.79 Å². The lowest BCUT2D eigenvalue weighted by molar-refractivity contribution is 1.01. The van der Waals surface area contributed by atoms with Crippen LogP contribution in [0.5, 0.6) is 0 Å². The van der Waals surface area contributed by atoms with Crippen LogP contribution in [0, 0.1) is 0 Å². The summed E-state index contributed by atoms with van der Waals surface area (Å²) in [5.41, 5.74) is 7.10. The van der Waals surface area contributed by atoms with Crippen molar-refractivity contribution in [3.05, 3.63) is 46.0 Å². The average molecular weight is 265 g/mol. The molecule has 5 nitrogen and oxygen atoms in total. The molecule has 0 saturated carbocycles. The van der Waals surface area contributed by atoms with Crippen molar-refractivity contribution in [2.45, 2.75) is 0 Å². The summed E-state index contributed by atoms with van der Waals surface area (Å²) >= 11 is 6.12. The van der Waals surface area contributed by atoms with Crippen molar-refractivity contribution in [1.82, 2.24) is 9.97 Å². The third kappa shape index (κ3) is 2.69. The van der Waals surface area contributed by atoms with Crippen LogP contribution in [-0.4, -0.2) is 23.1 Å². The third-order valence-corrected chi connectivity index (χ3v) is 2.74. The normalized spacial score (nSPS) is 10.3. The summed E-state index contributed by atoms with van der Waals surface area (Å²) in [7, 11) is 0. The molecule has 4 N–H and O–H groups in total. The van der Waals surface area contributed by atoms with Gasteiger partial charge in [-0.15, -0.1) is 0 Å². The topological polar surface area (TPSA) is 83.8 Å². The molecule has 0 saturated heterocycles. The molecule has 1 heterocycles. The van der Waals surface area contributed by atoms with Crippen LogP contribution in [-0.2, 0) is 0 Å². The van der Waals surface area contributed by atoms with E-state index >= 15 is 0 Å². The maximum Gasteiger partial charge on any atom is 0.345 e. The van der Waals surface area contributed by atoms with E-state index in [4.69, 9.17) is 17.3 Å². The zero-order valence-corrected chi connectivity index (χ0v) is 10.4. The number of hydrogen-bond donors (Lipinski definition) is 3. The number of rotatable bonds is 4. The van der Waals surface area contributed by atoms with Gasteiger partial charge < -0.3 is 16.0 Å². The van der Waals surface area contributed by atoms with Crippen molar-refractivity contribution in [2.75, 3.05) is 18.4 Å². The molecule has 1 aromatic heterocycles. The Balaban J connectivity index is 2.51. The molecule has 0 fully saturated rings. The minimum absolute atomic E-state index is 0.414. The molecular weight excluding hydrogens is 252 g/mol. The van der Waals surface area contributed by atoms with Crippen LogP contribution in [0.4, 0.5) is 5.69 Å². The lowest BCUT2D eigenvalue weighted by Gasteiger charge is -2.11. The summed E-state index contributed by atoms with van der Waals surface area (Å²) in [6, 6.07) is 7.29. The van der Waals surface area contributed by atoms with Gasteiger partial charge in [-0.05, 0) is 6.07 Å². The van der Waals surface area contributed by atoms with Crippen LogP contribution in [0.15, 0.2) is 35.3 Å². The molecule has 0 aliphatic heterocycles. The first-order valence-electron chi connectivity index (χ1n) is 5.50. The van der Waals surface area contributed by atoms with Gasteiger partial charge in [-0.1, -0.05) is 29.8 Å². The smallest absolute Gasteiger partial charge is 0.345 e. The van der Waals surface area contributed by atoms with Crippen molar-refractivity contribution >= 4 is 17.3 Å². The molecule has 1 aromatic carbocycles. The van der Waals surface area contributed by atoms with E-state index in [1.165, 1.54) is 6.20 Å². The quantitative estimate of drug-likeness (QED) is 0.781. The van der Waals surface area contributed by atoms with E-state index in [1.807, 2.05) is 18.2 Å². The van der Waals surface area contributed by atoms with Crippen LogP contribution in [0.1, 0.15) is 0 Å². The second-order valence-electron chi connectivity index (χ2n) is 3.67. The minimum Gasteiger partial charge on any atom is -0.381 e. The van der Waals surface area contributed by atoms with Crippen molar-refractivity contribution in [3.8, 4) is 11.3 Å². The van der Waals surface area contributed by atoms with Crippen molar-refractivity contribution in [2.24, 2.45) is 5.73 Å². The third-order valence-electron chi connectivity index (χ3n) is 2.42. The Hall–Kier alpha value is -1.85. The molecule has 2 rings (SSSR count). The Morgan fingerprint density at radius 1 is 1.39 bits per heavy atom. The van der Waals surface area contributed by atoms with Gasteiger partial charge in [-0.2, -0.15) is 4.98 Å². The molecule has 0 bridgehead atoms.